The zero-order valence-electron chi connectivity index (χ0n) is 10.7. The highest BCUT2D eigenvalue weighted by Gasteiger charge is 2.38. The first-order valence-electron chi connectivity index (χ1n) is 6.30. The monoisotopic (exact) mass is 340 g/mol. The smallest absolute Gasteiger partial charge is 0.233 e. The Morgan fingerprint density at radius 1 is 1.30 bits per heavy atom. The number of benzene rings is 1. The van der Waals surface area contributed by atoms with E-state index in [2.05, 4.69) is 0 Å². The Bertz CT molecular complexity index is 583. The molecule has 3 nitrogen and oxygen atoms in total. The first-order chi connectivity index (χ1) is 9.30. The maximum absolute atomic E-state index is 13.1. The first-order valence-corrected chi connectivity index (χ1v) is 9.16. The molecule has 20 heavy (non-hydrogen) atoms. The Morgan fingerprint density at radius 2 is 1.95 bits per heavy atom. The van der Waals surface area contributed by atoms with E-state index in [4.69, 9.17) is 27.0 Å². The molecule has 0 heterocycles. The van der Waals surface area contributed by atoms with E-state index in [0.717, 1.165) is 25.7 Å². The molecule has 0 amide bonds. The van der Waals surface area contributed by atoms with Crippen molar-refractivity contribution in [1.82, 2.24) is 0 Å². The Kier molecular flexibility index (Phi) is 4.82. The van der Waals surface area contributed by atoms with Crippen molar-refractivity contribution in [2.24, 2.45) is 5.41 Å². The summed E-state index contributed by atoms with van der Waals surface area (Å²) in [6.07, 6.45) is 3.43. The number of rotatable bonds is 5. The minimum atomic E-state index is -3.58. The quantitative estimate of drug-likeness (QED) is 0.761. The minimum absolute atomic E-state index is 0.0204. The normalized spacial score (nSPS) is 18.1. The number of hydrogen-bond donors (Lipinski definition) is 0. The third-order valence-electron chi connectivity index (χ3n) is 3.58. The molecule has 0 N–H and O–H groups in total. The van der Waals surface area contributed by atoms with E-state index in [1.54, 1.807) is 0 Å². The van der Waals surface area contributed by atoms with E-state index in [1.807, 2.05) is 0 Å². The topological polar surface area (TPSA) is 43.4 Å². The van der Waals surface area contributed by atoms with Crippen LogP contribution in [0.25, 0.3) is 0 Å². The summed E-state index contributed by atoms with van der Waals surface area (Å²) >= 11 is 5.68. The molecule has 0 aliphatic heterocycles. The van der Waals surface area contributed by atoms with Gasteiger partial charge in [0.1, 0.15) is 11.6 Å². The summed E-state index contributed by atoms with van der Waals surface area (Å²) in [6, 6.07) is 4.07. The van der Waals surface area contributed by atoms with Gasteiger partial charge in [-0.25, -0.2) is 12.8 Å². The molecule has 7 heteroatoms. The van der Waals surface area contributed by atoms with E-state index in [-0.39, 0.29) is 17.4 Å². The van der Waals surface area contributed by atoms with E-state index >= 15 is 0 Å². The molecule has 0 saturated heterocycles. The molecular formula is C13H15Cl2FO3S. The predicted octanol–water partition coefficient (Wildman–Crippen LogP) is 3.99. The Morgan fingerprint density at radius 3 is 2.50 bits per heavy atom. The fourth-order valence-electron chi connectivity index (χ4n) is 2.62. The highest BCUT2D eigenvalue weighted by Crippen LogP contribution is 2.40. The van der Waals surface area contributed by atoms with Crippen LogP contribution in [0.15, 0.2) is 18.2 Å². The predicted molar refractivity (Wildman–Crippen MR) is 77.4 cm³/mol. The van der Waals surface area contributed by atoms with Crippen LogP contribution in [0.1, 0.15) is 25.7 Å². The summed E-state index contributed by atoms with van der Waals surface area (Å²) in [5.74, 6) is -0.191. The van der Waals surface area contributed by atoms with Gasteiger partial charge in [-0.1, -0.05) is 24.4 Å². The van der Waals surface area contributed by atoms with Gasteiger partial charge in [-0.3, -0.25) is 0 Å². The molecule has 0 atom stereocenters. The van der Waals surface area contributed by atoms with Crippen molar-refractivity contribution in [1.29, 1.82) is 0 Å². The summed E-state index contributed by atoms with van der Waals surface area (Å²) in [7, 11) is 1.80. The van der Waals surface area contributed by atoms with Gasteiger partial charge in [0.05, 0.1) is 17.4 Å². The Balaban J connectivity index is 2.07. The van der Waals surface area contributed by atoms with E-state index in [0.29, 0.717) is 5.75 Å². The van der Waals surface area contributed by atoms with Crippen LogP contribution in [-0.2, 0) is 9.05 Å². The van der Waals surface area contributed by atoms with Crippen LogP contribution in [0.2, 0.25) is 5.02 Å². The van der Waals surface area contributed by atoms with Gasteiger partial charge in [0, 0.05) is 22.2 Å². The van der Waals surface area contributed by atoms with E-state index < -0.39 is 20.3 Å². The highest BCUT2D eigenvalue weighted by atomic mass is 35.7. The molecule has 112 valence electrons. The summed E-state index contributed by atoms with van der Waals surface area (Å²) in [4.78, 5) is 0. The second-order valence-corrected chi connectivity index (χ2v) is 8.44. The summed E-state index contributed by atoms with van der Waals surface area (Å²) in [5.41, 5.74) is -0.457. The molecule has 1 aliphatic rings. The molecule has 0 radical (unpaired) electrons. The van der Waals surface area contributed by atoms with Gasteiger partial charge >= 0.3 is 0 Å². The van der Waals surface area contributed by atoms with Gasteiger partial charge < -0.3 is 4.74 Å². The molecule has 1 fully saturated rings. The van der Waals surface area contributed by atoms with Crippen molar-refractivity contribution in [3.8, 4) is 5.75 Å². The fourth-order valence-corrected chi connectivity index (χ4v) is 4.59. The molecule has 1 aliphatic carbocycles. The number of hydrogen-bond acceptors (Lipinski definition) is 3. The van der Waals surface area contributed by atoms with Gasteiger partial charge in [0.25, 0.3) is 0 Å². The van der Waals surface area contributed by atoms with Crippen molar-refractivity contribution in [2.45, 2.75) is 25.7 Å². The zero-order chi connectivity index (χ0) is 14.8. The number of halogens is 3. The molecule has 0 aromatic heterocycles. The van der Waals surface area contributed by atoms with Gasteiger partial charge in [0.15, 0.2) is 0 Å². The third-order valence-corrected chi connectivity index (χ3v) is 5.15. The summed E-state index contributed by atoms with van der Waals surface area (Å²) in [6.45, 7) is 0.237. The fraction of sp³-hybridized carbons (Fsp3) is 0.538. The van der Waals surface area contributed by atoms with Crippen molar-refractivity contribution >= 4 is 31.3 Å². The lowest BCUT2D eigenvalue weighted by atomic mass is 9.90. The van der Waals surface area contributed by atoms with Crippen LogP contribution >= 0.6 is 22.3 Å². The average molecular weight is 341 g/mol. The van der Waals surface area contributed by atoms with E-state index in [1.165, 1.54) is 18.2 Å². The minimum Gasteiger partial charge on any atom is -0.493 e. The van der Waals surface area contributed by atoms with Crippen LogP contribution < -0.4 is 4.74 Å². The molecule has 0 bridgehead atoms. The lowest BCUT2D eigenvalue weighted by Gasteiger charge is -2.27. The van der Waals surface area contributed by atoms with Crippen LogP contribution in [0.5, 0.6) is 5.75 Å². The second-order valence-electron chi connectivity index (χ2n) is 5.25. The highest BCUT2D eigenvalue weighted by molar-refractivity contribution is 8.13. The van der Waals surface area contributed by atoms with Crippen LogP contribution in [-0.4, -0.2) is 20.8 Å². The zero-order valence-corrected chi connectivity index (χ0v) is 13.1. The van der Waals surface area contributed by atoms with Crippen molar-refractivity contribution in [3.05, 3.63) is 29.0 Å². The molecular weight excluding hydrogens is 326 g/mol. The van der Waals surface area contributed by atoms with Gasteiger partial charge in [-0.05, 0) is 25.0 Å². The maximum Gasteiger partial charge on any atom is 0.233 e. The molecule has 1 saturated carbocycles. The van der Waals surface area contributed by atoms with Gasteiger partial charge in [-0.15, -0.1) is 0 Å². The maximum atomic E-state index is 13.1. The molecule has 1 aromatic rings. The molecule has 2 rings (SSSR count). The third kappa shape index (κ3) is 4.24. The van der Waals surface area contributed by atoms with Crippen LogP contribution in [0.4, 0.5) is 4.39 Å². The van der Waals surface area contributed by atoms with E-state index in [9.17, 15) is 12.8 Å². The summed E-state index contributed by atoms with van der Waals surface area (Å²) < 4.78 is 41.3. The average Bonchev–Trinajstić information content (AvgIpc) is 2.77. The number of ether oxygens (including phenoxy) is 1. The second kappa shape index (κ2) is 6.08. The van der Waals surface area contributed by atoms with Crippen molar-refractivity contribution in [3.63, 3.8) is 0 Å². The summed E-state index contributed by atoms with van der Waals surface area (Å²) in [5, 5.41) is -0.0204. The van der Waals surface area contributed by atoms with Gasteiger partial charge in [-0.2, -0.15) is 0 Å². The largest absolute Gasteiger partial charge is 0.493 e. The standard InChI is InChI=1S/C13H15Cl2FO3S/c14-11-7-10(3-4-12(11)16)19-8-13(5-1-2-6-13)9-20(15,17)18/h3-4,7H,1-2,5-6,8-9H2. The first kappa shape index (κ1) is 15.9. The van der Waals surface area contributed by atoms with Crippen molar-refractivity contribution < 1.29 is 17.5 Å². The van der Waals surface area contributed by atoms with Crippen molar-refractivity contribution in [2.75, 3.05) is 12.4 Å². The van der Waals surface area contributed by atoms with Crippen LogP contribution in [0, 0.1) is 11.2 Å². The molecule has 1 aromatic carbocycles. The van der Waals surface area contributed by atoms with Gasteiger partial charge in [0.2, 0.25) is 9.05 Å². The Hall–Kier alpha value is -0.520. The lowest BCUT2D eigenvalue weighted by Crippen LogP contribution is -2.32. The van der Waals surface area contributed by atoms with Crippen LogP contribution in [0.3, 0.4) is 0 Å². The SMILES string of the molecule is O=S(=O)(Cl)CC1(COc2ccc(F)c(Cl)c2)CCCC1. The molecule has 0 spiro atoms. The molecule has 0 unspecified atom stereocenters. The lowest BCUT2D eigenvalue weighted by molar-refractivity contribution is 0.171. The Labute approximate surface area is 127 Å².